The van der Waals surface area contributed by atoms with Gasteiger partial charge in [-0.1, -0.05) is 39.7 Å². The van der Waals surface area contributed by atoms with Crippen molar-refractivity contribution in [3.63, 3.8) is 0 Å². The molecule has 0 radical (unpaired) electrons. The van der Waals surface area contributed by atoms with Crippen LogP contribution in [0.3, 0.4) is 0 Å². The Morgan fingerprint density at radius 1 is 1.19 bits per heavy atom. The lowest BCUT2D eigenvalue weighted by molar-refractivity contribution is 0.370. The number of rotatable bonds is 4. The first kappa shape index (κ1) is 14.7. The first-order valence-corrected chi connectivity index (χ1v) is 8.18. The minimum Gasteiger partial charge on any atom is -0.497 e. The Hall–Kier alpha value is -1.19. The molecule has 1 saturated carbocycles. The molecule has 0 aliphatic heterocycles. The van der Waals surface area contributed by atoms with Crippen LogP contribution in [0.25, 0.3) is 0 Å². The van der Waals surface area contributed by atoms with E-state index in [2.05, 4.69) is 39.4 Å². The predicted molar refractivity (Wildman–Crippen MR) is 91.5 cm³/mol. The van der Waals surface area contributed by atoms with E-state index >= 15 is 0 Å². The molecule has 0 heterocycles. The summed E-state index contributed by atoms with van der Waals surface area (Å²) in [5.74, 6) is 1.53. The summed E-state index contributed by atoms with van der Waals surface area (Å²) in [6.45, 7) is 0. The van der Waals surface area contributed by atoms with Crippen LogP contribution in [0.2, 0.25) is 5.02 Å². The lowest BCUT2D eigenvalue weighted by Gasteiger charge is -2.37. The number of hydrogen-bond acceptors (Lipinski definition) is 2. The SMILES string of the molecule is COc1cccc(C2CC(Nc3ccc(Br)cc3Cl)C2)c1. The van der Waals surface area contributed by atoms with Gasteiger partial charge in [0.2, 0.25) is 0 Å². The number of nitrogens with one attached hydrogen (secondary N) is 1. The third-order valence-corrected chi connectivity index (χ3v) is 4.80. The van der Waals surface area contributed by atoms with Crippen LogP contribution in [0.4, 0.5) is 5.69 Å². The van der Waals surface area contributed by atoms with Crippen molar-refractivity contribution in [1.82, 2.24) is 0 Å². The molecule has 0 spiro atoms. The predicted octanol–water partition coefficient (Wildman–Crippen LogP) is 5.47. The van der Waals surface area contributed by atoms with Crippen LogP contribution in [0.5, 0.6) is 5.75 Å². The molecule has 0 aromatic heterocycles. The van der Waals surface area contributed by atoms with Crippen molar-refractivity contribution in [1.29, 1.82) is 0 Å². The van der Waals surface area contributed by atoms with E-state index in [9.17, 15) is 0 Å². The van der Waals surface area contributed by atoms with E-state index in [4.69, 9.17) is 16.3 Å². The quantitative estimate of drug-likeness (QED) is 0.774. The van der Waals surface area contributed by atoms with Crippen LogP contribution in [0.15, 0.2) is 46.9 Å². The second-order valence-electron chi connectivity index (χ2n) is 5.41. The Kier molecular flexibility index (Phi) is 4.41. The van der Waals surface area contributed by atoms with Gasteiger partial charge in [0.05, 0.1) is 17.8 Å². The number of ether oxygens (including phenoxy) is 1. The fourth-order valence-corrected chi connectivity index (χ4v) is 3.46. The maximum absolute atomic E-state index is 6.24. The zero-order valence-corrected chi connectivity index (χ0v) is 14.1. The molecule has 110 valence electrons. The highest BCUT2D eigenvalue weighted by atomic mass is 79.9. The Morgan fingerprint density at radius 2 is 2.00 bits per heavy atom. The summed E-state index contributed by atoms with van der Waals surface area (Å²) in [7, 11) is 1.71. The molecule has 2 nitrogen and oxygen atoms in total. The van der Waals surface area contributed by atoms with Gasteiger partial charge in [-0.15, -0.1) is 0 Å². The van der Waals surface area contributed by atoms with Crippen molar-refractivity contribution >= 4 is 33.2 Å². The minimum atomic E-state index is 0.486. The van der Waals surface area contributed by atoms with Gasteiger partial charge >= 0.3 is 0 Å². The molecule has 1 N–H and O–H groups in total. The van der Waals surface area contributed by atoms with Crippen LogP contribution in [-0.4, -0.2) is 13.2 Å². The lowest BCUT2D eigenvalue weighted by atomic mass is 9.76. The van der Waals surface area contributed by atoms with Gasteiger partial charge in [-0.3, -0.25) is 0 Å². The second kappa shape index (κ2) is 6.29. The molecule has 0 atom stereocenters. The van der Waals surface area contributed by atoms with Gasteiger partial charge in [-0.05, 0) is 54.7 Å². The van der Waals surface area contributed by atoms with Crippen LogP contribution in [0.1, 0.15) is 24.3 Å². The minimum absolute atomic E-state index is 0.486. The maximum Gasteiger partial charge on any atom is 0.119 e. The fraction of sp³-hybridized carbons (Fsp3) is 0.294. The topological polar surface area (TPSA) is 21.3 Å². The molecular weight excluding hydrogens is 350 g/mol. The molecule has 1 fully saturated rings. The average Bonchev–Trinajstić information content (AvgIpc) is 2.44. The summed E-state index contributed by atoms with van der Waals surface area (Å²) >= 11 is 9.66. The zero-order chi connectivity index (χ0) is 14.8. The van der Waals surface area contributed by atoms with E-state index < -0.39 is 0 Å². The summed E-state index contributed by atoms with van der Waals surface area (Å²) in [4.78, 5) is 0. The molecule has 4 heteroatoms. The first-order valence-electron chi connectivity index (χ1n) is 7.01. The van der Waals surface area contributed by atoms with Crippen LogP contribution in [-0.2, 0) is 0 Å². The van der Waals surface area contributed by atoms with Crippen molar-refractivity contribution in [2.75, 3.05) is 12.4 Å². The molecule has 0 unspecified atom stereocenters. The second-order valence-corrected chi connectivity index (χ2v) is 6.73. The molecule has 21 heavy (non-hydrogen) atoms. The van der Waals surface area contributed by atoms with E-state index in [0.29, 0.717) is 12.0 Å². The van der Waals surface area contributed by atoms with Crippen LogP contribution in [0, 0.1) is 0 Å². The van der Waals surface area contributed by atoms with E-state index in [0.717, 1.165) is 33.8 Å². The molecule has 2 aromatic carbocycles. The normalized spacial score (nSPS) is 20.7. The van der Waals surface area contributed by atoms with Crippen molar-refractivity contribution < 1.29 is 4.74 Å². The Morgan fingerprint density at radius 3 is 2.71 bits per heavy atom. The number of hydrogen-bond donors (Lipinski definition) is 1. The van der Waals surface area contributed by atoms with Gasteiger partial charge in [-0.25, -0.2) is 0 Å². The smallest absolute Gasteiger partial charge is 0.119 e. The Balaban J connectivity index is 1.60. The van der Waals surface area contributed by atoms with Gasteiger partial charge in [0.25, 0.3) is 0 Å². The van der Waals surface area contributed by atoms with Crippen molar-refractivity contribution in [3.05, 3.63) is 57.5 Å². The highest BCUT2D eigenvalue weighted by Crippen LogP contribution is 2.40. The van der Waals surface area contributed by atoms with Crippen molar-refractivity contribution in [2.24, 2.45) is 0 Å². The molecule has 1 aliphatic carbocycles. The molecular formula is C17H17BrClNO. The van der Waals surface area contributed by atoms with Crippen molar-refractivity contribution in [2.45, 2.75) is 24.8 Å². The molecule has 0 bridgehead atoms. The number of methoxy groups -OCH3 is 1. The molecule has 2 aromatic rings. The van der Waals surface area contributed by atoms with E-state index in [-0.39, 0.29) is 0 Å². The van der Waals surface area contributed by atoms with E-state index in [1.54, 1.807) is 7.11 Å². The number of benzene rings is 2. The molecule has 0 amide bonds. The lowest BCUT2D eigenvalue weighted by Crippen LogP contribution is -2.34. The standard InChI is InChI=1S/C17H17BrClNO/c1-21-15-4-2-3-11(9-15)12-7-14(8-12)20-17-6-5-13(18)10-16(17)19/h2-6,9-10,12,14,20H,7-8H2,1H3. The van der Waals surface area contributed by atoms with Gasteiger partial charge in [0.15, 0.2) is 0 Å². The van der Waals surface area contributed by atoms with Crippen molar-refractivity contribution in [3.8, 4) is 5.75 Å². The summed E-state index contributed by atoms with van der Waals surface area (Å²) < 4.78 is 6.29. The maximum atomic E-state index is 6.24. The van der Waals surface area contributed by atoms with E-state index in [1.807, 2.05) is 24.3 Å². The monoisotopic (exact) mass is 365 g/mol. The molecule has 1 aliphatic rings. The summed E-state index contributed by atoms with van der Waals surface area (Å²) in [5, 5.41) is 4.28. The van der Waals surface area contributed by atoms with E-state index in [1.165, 1.54) is 5.56 Å². The van der Waals surface area contributed by atoms with Gasteiger partial charge in [0.1, 0.15) is 5.75 Å². The zero-order valence-electron chi connectivity index (χ0n) is 11.8. The summed E-state index contributed by atoms with van der Waals surface area (Å²) in [5.41, 5.74) is 2.36. The molecule has 3 rings (SSSR count). The third-order valence-electron chi connectivity index (χ3n) is 3.99. The average molecular weight is 367 g/mol. The number of anilines is 1. The third kappa shape index (κ3) is 3.35. The summed E-state index contributed by atoms with van der Waals surface area (Å²) in [6, 6.07) is 14.8. The highest BCUT2D eigenvalue weighted by molar-refractivity contribution is 9.10. The number of halogens is 2. The first-order chi connectivity index (χ1) is 10.2. The largest absolute Gasteiger partial charge is 0.497 e. The highest BCUT2D eigenvalue weighted by Gasteiger charge is 2.30. The Labute approximate surface area is 138 Å². The van der Waals surface area contributed by atoms with Crippen LogP contribution < -0.4 is 10.1 Å². The summed E-state index contributed by atoms with van der Waals surface area (Å²) in [6.07, 6.45) is 2.25. The van der Waals surface area contributed by atoms with Gasteiger partial charge < -0.3 is 10.1 Å². The fourth-order valence-electron chi connectivity index (χ4n) is 2.73. The van der Waals surface area contributed by atoms with Crippen LogP contribution >= 0.6 is 27.5 Å². The Bertz CT molecular complexity index is 640. The van der Waals surface area contributed by atoms with Gasteiger partial charge in [0, 0.05) is 10.5 Å². The van der Waals surface area contributed by atoms with Gasteiger partial charge in [-0.2, -0.15) is 0 Å². The molecule has 0 saturated heterocycles.